The monoisotopic (exact) mass is 630 g/mol. The molecule has 3 heteroatoms. The van der Waals surface area contributed by atoms with Crippen molar-refractivity contribution in [1.82, 2.24) is 0 Å². The fourth-order valence-electron chi connectivity index (χ4n) is 4.70. The smallest absolute Gasteiger partial charge is 0.0131 e. The topological polar surface area (TPSA) is 0 Å². The molecule has 39 heavy (non-hydrogen) atoms. The van der Waals surface area contributed by atoms with Crippen LogP contribution in [0.25, 0.3) is 6.08 Å². The summed E-state index contributed by atoms with van der Waals surface area (Å²) in [4.78, 5) is 0. The largest absolute Gasteiger partial charge is 0.0755 e. The van der Waals surface area contributed by atoms with Gasteiger partial charge >= 0.3 is 0 Å². The second kappa shape index (κ2) is 15.8. The predicted molar refractivity (Wildman–Crippen MR) is 171 cm³/mol. The molecule has 0 heterocycles. The summed E-state index contributed by atoms with van der Waals surface area (Å²) < 4.78 is 0. The third-order valence-electron chi connectivity index (χ3n) is 6.58. The molecule has 1 aliphatic carbocycles. The molecule has 0 unspecified atom stereocenters. The van der Waals surface area contributed by atoms with Gasteiger partial charge in [-0.15, -0.1) is 0 Å². The Morgan fingerprint density at radius 2 is 0.718 bits per heavy atom. The second-order valence-corrected chi connectivity index (χ2v) is 13.8. The minimum Gasteiger partial charge on any atom is -0.0755 e. The van der Waals surface area contributed by atoms with Gasteiger partial charge in [0.1, 0.15) is 0 Å². The summed E-state index contributed by atoms with van der Waals surface area (Å²) in [5, 5.41) is 5.94. The van der Waals surface area contributed by atoms with Crippen molar-refractivity contribution in [2.75, 3.05) is 12.3 Å². The Morgan fingerprint density at radius 3 is 1.08 bits per heavy atom. The van der Waals surface area contributed by atoms with Crippen LogP contribution in [-0.2, 0) is 19.5 Å². The minimum atomic E-state index is -0.309. The molecule has 0 saturated carbocycles. The summed E-state index contributed by atoms with van der Waals surface area (Å²) in [6.07, 6.45) is 10.0. The van der Waals surface area contributed by atoms with Crippen LogP contribution in [0.2, 0.25) is 0 Å². The molecule has 5 aromatic rings. The van der Waals surface area contributed by atoms with Crippen molar-refractivity contribution in [3.05, 3.63) is 169 Å². The van der Waals surface area contributed by atoms with E-state index in [1.165, 1.54) is 51.1 Å². The van der Waals surface area contributed by atoms with Crippen LogP contribution in [0.1, 0.15) is 17.5 Å². The van der Waals surface area contributed by atoms with Crippen LogP contribution in [0.5, 0.6) is 0 Å². The van der Waals surface area contributed by atoms with E-state index in [9.17, 15) is 0 Å². The van der Waals surface area contributed by atoms with Gasteiger partial charge in [0.05, 0.1) is 0 Å². The van der Waals surface area contributed by atoms with Gasteiger partial charge in [-0.05, 0) is 66.9 Å². The number of hydrogen-bond donors (Lipinski definition) is 0. The van der Waals surface area contributed by atoms with Gasteiger partial charge in [0.25, 0.3) is 0 Å². The van der Waals surface area contributed by atoms with Crippen LogP contribution in [0.3, 0.4) is 0 Å². The Balaban J connectivity index is 0.000000297. The fraction of sp³-hybridized carbons (Fsp3) is 0.0833. The van der Waals surface area contributed by atoms with E-state index in [1.54, 1.807) is 0 Å². The summed E-state index contributed by atoms with van der Waals surface area (Å²) in [5.74, 6) is 0. The molecule has 5 aromatic carbocycles. The van der Waals surface area contributed by atoms with Gasteiger partial charge in [-0.25, -0.2) is 0 Å². The Morgan fingerprint density at radius 1 is 0.385 bits per heavy atom. The van der Waals surface area contributed by atoms with Crippen LogP contribution in [0.15, 0.2) is 152 Å². The molecule has 0 amide bonds. The van der Waals surface area contributed by atoms with E-state index in [1.807, 2.05) is 0 Å². The quantitative estimate of drug-likeness (QED) is 0.121. The number of allylic oxidation sites excluding steroid dienone is 1. The van der Waals surface area contributed by atoms with E-state index >= 15 is 0 Å². The molecule has 1 aliphatic rings. The predicted octanol–water partition coefficient (Wildman–Crippen LogP) is 7.91. The molecular weight excluding hydrogens is 597 g/mol. The van der Waals surface area contributed by atoms with Crippen molar-refractivity contribution >= 4 is 43.1 Å². The Kier molecular flexibility index (Phi) is 11.9. The molecule has 0 saturated heterocycles. The third kappa shape index (κ3) is 8.40. The Hall–Kier alpha value is -2.68. The van der Waals surface area contributed by atoms with Crippen molar-refractivity contribution in [2.45, 2.75) is 6.42 Å². The van der Waals surface area contributed by atoms with Gasteiger partial charge in [0.2, 0.25) is 0 Å². The van der Waals surface area contributed by atoms with Crippen LogP contribution < -0.4 is 21.2 Å². The van der Waals surface area contributed by atoms with E-state index in [4.69, 9.17) is 0 Å². The molecule has 0 N–H and O–H groups in total. The van der Waals surface area contributed by atoms with Crippen molar-refractivity contribution in [2.24, 2.45) is 0 Å². The Bertz CT molecular complexity index is 1240. The summed E-state index contributed by atoms with van der Waals surface area (Å²) >= 11 is 0. The molecule has 0 nitrogen and oxygen atoms in total. The molecule has 0 aliphatic heterocycles. The van der Waals surface area contributed by atoms with Gasteiger partial charge in [-0.2, -0.15) is 0 Å². The molecule has 0 aromatic heterocycles. The summed E-state index contributed by atoms with van der Waals surface area (Å²) in [6.45, 7) is 0. The number of benzene rings is 5. The van der Waals surface area contributed by atoms with Crippen molar-refractivity contribution in [1.29, 1.82) is 0 Å². The molecule has 196 valence electrons. The van der Waals surface area contributed by atoms with Crippen LogP contribution in [0, 0.1) is 6.42 Å². The first kappa shape index (κ1) is 29.3. The average Bonchev–Trinajstić information content (AvgIpc) is 3.49. The third-order valence-corrected chi connectivity index (χ3v) is 11.8. The molecule has 0 bridgehead atoms. The minimum absolute atomic E-state index is 0. The van der Waals surface area contributed by atoms with Gasteiger partial charge in [-0.1, -0.05) is 158 Å². The summed E-state index contributed by atoms with van der Waals surface area (Å²) in [5.41, 5.74) is 2.66. The van der Waals surface area contributed by atoms with E-state index in [-0.39, 0.29) is 35.3 Å². The van der Waals surface area contributed by atoms with E-state index in [0.717, 1.165) is 0 Å². The summed E-state index contributed by atoms with van der Waals surface area (Å²) in [7, 11) is -0.618. The van der Waals surface area contributed by atoms with Gasteiger partial charge in [0, 0.05) is 25.9 Å². The van der Waals surface area contributed by atoms with Crippen LogP contribution >= 0.6 is 15.8 Å². The van der Waals surface area contributed by atoms with Crippen molar-refractivity contribution < 1.29 is 19.5 Å². The van der Waals surface area contributed by atoms with E-state index in [2.05, 4.69) is 164 Å². The normalized spacial score (nSPS) is 11.4. The second-order valence-electron chi connectivity index (χ2n) is 9.15. The molecule has 6 rings (SSSR count). The number of fused-ring (bicyclic) bond motifs is 1. The number of hydrogen-bond acceptors (Lipinski definition) is 0. The maximum absolute atomic E-state index is 2.30. The SMILES string of the molecule is [CH]1C=Cc2ccccc21.[Rh].c1ccc(P(CCCP(c2ccccc2)c2ccccc2)c2ccccc2)cc1. The zero-order chi connectivity index (χ0) is 25.8. The van der Waals surface area contributed by atoms with Gasteiger partial charge < -0.3 is 0 Å². The zero-order valence-electron chi connectivity index (χ0n) is 21.9. The van der Waals surface area contributed by atoms with Crippen molar-refractivity contribution in [3.63, 3.8) is 0 Å². The Labute approximate surface area is 249 Å². The molecular formula is C36H33P2Rh. The van der Waals surface area contributed by atoms with E-state index in [0.29, 0.717) is 0 Å². The van der Waals surface area contributed by atoms with Gasteiger partial charge in [-0.3, -0.25) is 0 Å². The zero-order valence-corrected chi connectivity index (χ0v) is 25.4. The number of rotatable bonds is 8. The molecule has 0 atom stereocenters. The van der Waals surface area contributed by atoms with Crippen LogP contribution in [-0.4, -0.2) is 12.3 Å². The fourth-order valence-corrected chi connectivity index (χ4v) is 9.66. The standard InChI is InChI=1S/C27H26P2.C9H7.Rh/c1-5-14-24(15-6-1)28(25-16-7-2-8-17-25)22-13-23-29(26-18-9-3-10-19-26)27-20-11-4-12-21-27;1-2-5-9-7-3-6-8(9)4-1;/h1-12,14-21H,13,22-23H2;1-7H;. The van der Waals surface area contributed by atoms with Gasteiger partial charge in [0.15, 0.2) is 0 Å². The molecule has 2 radical (unpaired) electrons. The van der Waals surface area contributed by atoms with Crippen molar-refractivity contribution in [3.8, 4) is 0 Å². The first-order valence-corrected chi connectivity index (χ1v) is 16.3. The maximum atomic E-state index is 2.30. The molecule has 0 fully saturated rings. The maximum Gasteiger partial charge on any atom is 0.0131 e. The first-order valence-electron chi connectivity index (χ1n) is 13.2. The molecule has 0 spiro atoms. The summed E-state index contributed by atoms with van der Waals surface area (Å²) in [6, 6.07) is 52.6. The van der Waals surface area contributed by atoms with Crippen LogP contribution in [0.4, 0.5) is 0 Å². The average molecular weight is 631 g/mol. The van der Waals surface area contributed by atoms with E-state index < -0.39 is 0 Å². The first-order chi connectivity index (χ1) is 18.9.